The summed E-state index contributed by atoms with van der Waals surface area (Å²) in [5, 5.41) is 18.0. The van der Waals surface area contributed by atoms with E-state index in [0.717, 1.165) is 36.8 Å². The van der Waals surface area contributed by atoms with Gasteiger partial charge in [0.05, 0.1) is 6.10 Å². The monoisotopic (exact) mass is 240 g/mol. The lowest BCUT2D eigenvalue weighted by atomic mass is 10.0. The maximum atomic E-state index is 11.5. The summed E-state index contributed by atoms with van der Waals surface area (Å²) in [6.07, 6.45) is 4.01. The molecule has 1 aliphatic carbocycles. The lowest BCUT2D eigenvalue weighted by Gasteiger charge is -2.03. The summed E-state index contributed by atoms with van der Waals surface area (Å²) < 4.78 is 0. The smallest absolute Gasteiger partial charge is 0.303 e. The van der Waals surface area contributed by atoms with Gasteiger partial charge in [-0.2, -0.15) is 0 Å². The van der Waals surface area contributed by atoms with Crippen molar-refractivity contribution in [2.45, 2.75) is 58.0 Å². The van der Waals surface area contributed by atoms with Crippen molar-refractivity contribution in [3.05, 3.63) is 11.1 Å². The zero-order valence-electron chi connectivity index (χ0n) is 10.2. The number of Topliss-reactive ketones (excluding diaryl/α,β-unsaturated/α-hetero) is 1. The topological polar surface area (TPSA) is 74.6 Å². The quantitative estimate of drug-likeness (QED) is 0.668. The van der Waals surface area contributed by atoms with E-state index in [1.54, 1.807) is 0 Å². The van der Waals surface area contributed by atoms with Gasteiger partial charge in [-0.25, -0.2) is 0 Å². The second-order valence-corrected chi connectivity index (χ2v) is 4.61. The van der Waals surface area contributed by atoms with Crippen LogP contribution < -0.4 is 0 Å². The Hall–Kier alpha value is -1.16. The Balaban J connectivity index is 2.19. The van der Waals surface area contributed by atoms with Crippen molar-refractivity contribution in [1.29, 1.82) is 0 Å². The first-order chi connectivity index (χ1) is 8.02. The van der Waals surface area contributed by atoms with Gasteiger partial charge in [-0.3, -0.25) is 9.59 Å². The number of unbranched alkanes of at least 4 members (excludes halogenated alkanes) is 3. The number of rotatable bonds is 7. The van der Waals surface area contributed by atoms with Gasteiger partial charge < -0.3 is 10.2 Å². The van der Waals surface area contributed by atoms with Gasteiger partial charge in [0.2, 0.25) is 0 Å². The van der Waals surface area contributed by atoms with Crippen molar-refractivity contribution < 1.29 is 19.8 Å². The fraction of sp³-hybridized carbons (Fsp3) is 0.692. The highest BCUT2D eigenvalue weighted by atomic mass is 16.4. The van der Waals surface area contributed by atoms with Gasteiger partial charge in [0.15, 0.2) is 5.78 Å². The predicted octanol–water partition coefficient (Wildman–Crippen LogP) is 2.06. The molecule has 1 rings (SSSR count). The predicted molar refractivity (Wildman–Crippen MR) is 63.7 cm³/mol. The Morgan fingerprint density at radius 1 is 1.29 bits per heavy atom. The van der Waals surface area contributed by atoms with E-state index in [-0.39, 0.29) is 18.6 Å². The van der Waals surface area contributed by atoms with Crippen molar-refractivity contribution in [1.82, 2.24) is 0 Å². The summed E-state index contributed by atoms with van der Waals surface area (Å²) in [5.41, 5.74) is 1.61. The Bertz CT molecular complexity index is 330. The number of carboxylic acids is 1. The van der Waals surface area contributed by atoms with Crippen molar-refractivity contribution >= 4 is 11.8 Å². The molecule has 0 saturated heterocycles. The van der Waals surface area contributed by atoms with E-state index in [9.17, 15) is 14.7 Å². The molecule has 96 valence electrons. The van der Waals surface area contributed by atoms with Crippen LogP contribution in [0.25, 0.3) is 0 Å². The second-order valence-electron chi connectivity index (χ2n) is 4.61. The Kier molecular flexibility index (Phi) is 5.35. The maximum Gasteiger partial charge on any atom is 0.303 e. The van der Waals surface area contributed by atoms with Gasteiger partial charge in [0.1, 0.15) is 0 Å². The molecule has 4 heteroatoms. The summed E-state index contributed by atoms with van der Waals surface area (Å²) in [4.78, 5) is 21.8. The second kappa shape index (κ2) is 6.55. The normalized spacial score (nSPS) is 20.1. The van der Waals surface area contributed by atoms with Crippen LogP contribution in [-0.4, -0.2) is 28.1 Å². The van der Waals surface area contributed by atoms with E-state index in [0.29, 0.717) is 6.42 Å². The summed E-state index contributed by atoms with van der Waals surface area (Å²) in [6.45, 7) is 1.81. The number of hydrogen-bond acceptors (Lipinski definition) is 3. The van der Waals surface area contributed by atoms with Gasteiger partial charge in [-0.05, 0) is 37.3 Å². The number of carboxylic acid groups (broad SMARTS) is 1. The van der Waals surface area contributed by atoms with Gasteiger partial charge in [0, 0.05) is 12.8 Å². The highest BCUT2D eigenvalue weighted by Crippen LogP contribution is 2.27. The number of carbonyl (C=O) groups is 2. The summed E-state index contributed by atoms with van der Waals surface area (Å²) >= 11 is 0. The largest absolute Gasteiger partial charge is 0.481 e. The highest BCUT2D eigenvalue weighted by molar-refractivity contribution is 5.99. The molecule has 0 aromatic carbocycles. The van der Waals surface area contributed by atoms with Crippen LogP contribution in [0, 0.1) is 0 Å². The van der Waals surface area contributed by atoms with Gasteiger partial charge in [0.25, 0.3) is 0 Å². The number of aliphatic hydroxyl groups excluding tert-OH is 1. The third kappa shape index (κ3) is 4.30. The molecule has 1 aliphatic rings. The van der Waals surface area contributed by atoms with Crippen molar-refractivity contribution in [2.24, 2.45) is 0 Å². The third-order valence-corrected chi connectivity index (χ3v) is 3.26. The van der Waals surface area contributed by atoms with Crippen LogP contribution in [-0.2, 0) is 9.59 Å². The SMILES string of the molecule is CC1=C(CCCCCCC(=O)O)C(=O)CC1O. The Morgan fingerprint density at radius 2 is 1.94 bits per heavy atom. The van der Waals surface area contributed by atoms with Gasteiger partial charge >= 0.3 is 5.97 Å². The number of carbonyl (C=O) groups excluding carboxylic acids is 1. The molecule has 0 fully saturated rings. The first-order valence-corrected chi connectivity index (χ1v) is 6.15. The lowest BCUT2D eigenvalue weighted by molar-refractivity contribution is -0.137. The minimum Gasteiger partial charge on any atom is -0.481 e. The fourth-order valence-corrected chi connectivity index (χ4v) is 2.14. The third-order valence-electron chi connectivity index (χ3n) is 3.26. The molecule has 0 saturated carbocycles. The maximum absolute atomic E-state index is 11.5. The zero-order valence-corrected chi connectivity index (χ0v) is 10.2. The molecule has 0 amide bonds. The molecule has 0 aliphatic heterocycles. The number of ketones is 1. The lowest BCUT2D eigenvalue weighted by Crippen LogP contribution is -2.03. The zero-order chi connectivity index (χ0) is 12.8. The molecule has 1 atom stereocenters. The molecule has 0 aromatic heterocycles. The van der Waals surface area contributed by atoms with Crippen LogP contribution in [0.5, 0.6) is 0 Å². The summed E-state index contributed by atoms with van der Waals surface area (Å²) in [7, 11) is 0. The van der Waals surface area contributed by atoms with Gasteiger partial charge in [-0.15, -0.1) is 0 Å². The average Bonchev–Trinajstić information content (AvgIpc) is 2.48. The summed E-state index contributed by atoms with van der Waals surface area (Å²) in [6, 6.07) is 0. The van der Waals surface area contributed by atoms with E-state index in [1.165, 1.54) is 0 Å². The van der Waals surface area contributed by atoms with E-state index < -0.39 is 12.1 Å². The summed E-state index contributed by atoms with van der Waals surface area (Å²) in [5.74, 6) is -0.682. The van der Waals surface area contributed by atoms with Crippen molar-refractivity contribution in [3.63, 3.8) is 0 Å². The highest BCUT2D eigenvalue weighted by Gasteiger charge is 2.26. The molecule has 4 nitrogen and oxygen atoms in total. The molecule has 1 unspecified atom stereocenters. The van der Waals surface area contributed by atoms with Gasteiger partial charge in [-0.1, -0.05) is 12.8 Å². The van der Waals surface area contributed by atoms with Crippen LogP contribution in [0.4, 0.5) is 0 Å². The minimum absolute atomic E-state index is 0.0699. The van der Waals surface area contributed by atoms with Crippen LogP contribution in [0.1, 0.15) is 51.9 Å². The van der Waals surface area contributed by atoms with Crippen molar-refractivity contribution in [3.8, 4) is 0 Å². The van der Waals surface area contributed by atoms with E-state index in [2.05, 4.69) is 0 Å². The molecule has 0 heterocycles. The molecular formula is C13H20O4. The Labute approximate surface area is 101 Å². The van der Waals surface area contributed by atoms with Crippen LogP contribution in [0.15, 0.2) is 11.1 Å². The molecule has 2 N–H and O–H groups in total. The molecular weight excluding hydrogens is 220 g/mol. The first kappa shape index (κ1) is 13.9. The van der Waals surface area contributed by atoms with E-state index >= 15 is 0 Å². The van der Waals surface area contributed by atoms with E-state index in [4.69, 9.17) is 5.11 Å². The number of aliphatic hydroxyl groups is 1. The average molecular weight is 240 g/mol. The molecule has 0 bridgehead atoms. The molecule has 0 aromatic rings. The molecule has 0 spiro atoms. The fourth-order valence-electron chi connectivity index (χ4n) is 2.14. The minimum atomic E-state index is -0.752. The number of aliphatic carboxylic acids is 1. The number of hydrogen-bond donors (Lipinski definition) is 2. The van der Waals surface area contributed by atoms with Crippen LogP contribution in [0.2, 0.25) is 0 Å². The van der Waals surface area contributed by atoms with E-state index in [1.807, 2.05) is 6.92 Å². The molecule has 0 radical (unpaired) electrons. The first-order valence-electron chi connectivity index (χ1n) is 6.15. The molecule has 17 heavy (non-hydrogen) atoms. The standard InChI is InChI=1S/C13H20O4/c1-9-10(12(15)8-11(9)14)6-4-2-3-5-7-13(16)17/h11,14H,2-8H2,1H3,(H,16,17). The van der Waals surface area contributed by atoms with Crippen LogP contribution >= 0.6 is 0 Å². The van der Waals surface area contributed by atoms with Crippen molar-refractivity contribution in [2.75, 3.05) is 0 Å². The number of allylic oxidation sites excluding steroid dienone is 1. The Morgan fingerprint density at radius 3 is 2.47 bits per heavy atom. The van der Waals surface area contributed by atoms with Crippen LogP contribution in [0.3, 0.4) is 0 Å².